The summed E-state index contributed by atoms with van der Waals surface area (Å²) in [5.74, 6) is 1.03. The van der Waals surface area contributed by atoms with Crippen molar-refractivity contribution < 1.29 is 9.53 Å². The third kappa shape index (κ3) is 1.54. The third-order valence-corrected chi connectivity index (χ3v) is 3.51. The molecule has 2 heteroatoms. The number of rotatable bonds is 1. The number of carbonyl (C=O) groups is 1. The minimum absolute atomic E-state index is 0.0913. The molecule has 15 heavy (non-hydrogen) atoms. The Kier molecular flexibility index (Phi) is 2.29. The largest absolute Gasteiger partial charge is 0.426 e. The van der Waals surface area contributed by atoms with Gasteiger partial charge in [0.1, 0.15) is 5.75 Å². The Morgan fingerprint density at radius 2 is 2.00 bits per heavy atom. The number of ether oxygens (including phenoxy) is 1. The summed E-state index contributed by atoms with van der Waals surface area (Å²) in [5, 5.41) is 0. The molecule has 0 N–H and O–H groups in total. The molecule has 1 aromatic carbocycles. The quantitative estimate of drug-likeness (QED) is 0.519. The highest BCUT2D eigenvalue weighted by atomic mass is 16.5. The summed E-state index contributed by atoms with van der Waals surface area (Å²) < 4.78 is 5.24. The maximum absolute atomic E-state index is 11.5. The maximum Gasteiger partial charge on any atom is 0.312 e. The van der Waals surface area contributed by atoms with Crippen LogP contribution < -0.4 is 4.74 Å². The van der Waals surface area contributed by atoms with Crippen molar-refractivity contribution in [2.45, 2.75) is 32.6 Å². The molecule has 0 radical (unpaired) electrons. The van der Waals surface area contributed by atoms with E-state index in [1.54, 1.807) is 0 Å². The van der Waals surface area contributed by atoms with Crippen LogP contribution in [0.25, 0.3) is 0 Å². The van der Waals surface area contributed by atoms with Gasteiger partial charge in [0.25, 0.3) is 0 Å². The minimum Gasteiger partial charge on any atom is -0.426 e. The van der Waals surface area contributed by atoms with Gasteiger partial charge in [-0.25, -0.2) is 0 Å². The number of carbonyl (C=O) groups excluding carboxylic acids is 1. The van der Waals surface area contributed by atoms with Crippen LogP contribution in [0.3, 0.4) is 0 Å². The Bertz CT molecular complexity index is 395. The van der Waals surface area contributed by atoms with E-state index in [2.05, 4.69) is 26.8 Å². The summed E-state index contributed by atoms with van der Waals surface area (Å²) in [4.78, 5) is 11.5. The lowest BCUT2D eigenvalue weighted by Crippen LogP contribution is -2.37. The first-order valence-electron chi connectivity index (χ1n) is 5.34. The molecule has 2 rings (SSSR count). The van der Waals surface area contributed by atoms with Crippen molar-refractivity contribution in [3.63, 3.8) is 0 Å². The van der Waals surface area contributed by atoms with Gasteiger partial charge in [0.15, 0.2) is 0 Å². The smallest absolute Gasteiger partial charge is 0.312 e. The van der Waals surface area contributed by atoms with Crippen molar-refractivity contribution in [3.8, 4) is 5.75 Å². The second-order valence-electron chi connectivity index (χ2n) is 4.72. The average molecular weight is 204 g/mol. The topological polar surface area (TPSA) is 26.3 Å². The molecule has 0 fully saturated rings. The Balaban J connectivity index is 2.56. The zero-order valence-electron chi connectivity index (χ0n) is 9.41. The monoisotopic (exact) mass is 204 g/mol. The minimum atomic E-state index is -0.120. The van der Waals surface area contributed by atoms with Crippen LogP contribution in [0.5, 0.6) is 5.75 Å². The van der Waals surface area contributed by atoms with Crippen LogP contribution >= 0.6 is 0 Å². The average Bonchev–Trinajstić information content (AvgIpc) is 2.17. The number of benzene rings is 1. The van der Waals surface area contributed by atoms with Gasteiger partial charge in [-0.3, -0.25) is 4.79 Å². The summed E-state index contributed by atoms with van der Waals surface area (Å²) in [5.41, 5.74) is 1.06. The van der Waals surface area contributed by atoms with E-state index in [0.717, 1.165) is 11.3 Å². The summed E-state index contributed by atoms with van der Waals surface area (Å²) in [7, 11) is 0. The van der Waals surface area contributed by atoms with Gasteiger partial charge in [0.2, 0.25) is 0 Å². The van der Waals surface area contributed by atoms with Gasteiger partial charge >= 0.3 is 5.97 Å². The van der Waals surface area contributed by atoms with E-state index >= 15 is 0 Å². The second kappa shape index (κ2) is 3.37. The van der Waals surface area contributed by atoms with Gasteiger partial charge in [0.05, 0.1) is 6.42 Å². The van der Waals surface area contributed by atoms with E-state index in [1.165, 1.54) is 0 Å². The van der Waals surface area contributed by atoms with Crippen molar-refractivity contribution in [2.75, 3.05) is 0 Å². The van der Waals surface area contributed by atoms with Crippen molar-refractivity contribution in [1.29, 1.82) is 0 Å². The van der Waals surface area contributed by atoms with Gasteiger partial charge in [-0.1, -0.05) is 39.0 Å². The maximum atomic E-state index is 11.5. The van der Waals surface area contributed by atoms with Gasteiger partial charge in [-0.15, -0.1) is 0 Å². The van der Waals surface area contributed by atoms with E-state index < -0.39 is 0 Å². The fraction of sp³-hybridized carbons (Fsp3) is 0.462. The fourth-order valence-electron chi connectivity index (χ4n) is 2.10. The number of fused-ring (bicyclic) bond motifs is 1. The summed E-state index contributed by atoms with van der Waals surface area (Å²) in [6.07, 6.45) is 0.474. The molecule has 0 aliphatic carbocycles. The molecule has 0 saturated heterocycles. The van der Waals surface area contributed by atoms with Gasteiger partial charge in [-0.05, 0) is 12.0 Å². The molecular weight excluding hydrogens is 188 g/mol. The fourth-order valence-corrected chi connectivity index (χ4v) is 2.10. The van der Waals surface area contributed by atoms with Crippen LogP contribution in [-0.2, 0) is 10.2 Å². The Hall–Kier alpha value is -1.31. The molecule has 1 aromatic rings. The normalized spacial score (nSPS) is 24.9. The molecule has 0 spiro atoms. The Morgan fingerprint density at radius 1 is 1.33 bits per heavy atom. The number of hydrogen-bond donors (Lipinski definition) is 0. The molecule has 0 bridgehead atoms. The van der Waals surface area contributed by atoms with Crippen LogP contribution in [0.4, 0.5) is 0 Å². The van der Waals surface area contributed by atoms with Gasteiger partial charge in [0, 0.05) is 11.0 Å². The van der Waals surface area contributed by atoms with Crippen LogP contribution in [0.2, 0.25) is 0 Å². The van der Waals surface area contributed by atoms with Crippen LogP contribution in [0.15, 0.2) is 24.3 Å². The predicted molar refractivity (Wildman–Crippen MR) is 58.9 cm³/mol. The van der Waals surface area contributed by atoms with Crippen molar-refractivity contribution in [3.05, 3.63) is 29.8 Å². The molecule has 80 valence electrons. The molecule has 0 saturated carbocycles. The Morgan fingerprint density at radius 3 is 2.67 bits per heavy atom. The number of esters is 1. The molecule has 1 aliphatic heterocycles. The first-order chi connectivity index (χ1) is 7.04. The molecule has 1 heterocycles. The van der Waals surface area contributed by atoms with Crippen molar-refractivity contribution in [2.24, 2.45) is 5.92 Å². The molecule has 1 aliphatic rings. The third-order valence-electron chi connectivity index (χ3n) is 3.51. The van der Waals surface area contributed by atoms with E-state index in [9.17, 15) is 4.79 Å². The van der Waals surface area contributed by atoms with Crippen LogP contribution in [0, 0.1) is 5.92 Å². The van der Waals surface area contributed by atoms with E-state index in [-0.39, 0.29) is 11.4 Å². The SMILES string of the molecule is CC(C)[C@]1(C)CC(=O)Oc2ccccc21. The van der Waals surface area contributed by atoms with E-state index in [1.807, 2.05) is 18.2 Å². The number of hydrogen-bond acceptors (Lipinski definition) is 2. The molecule has 0 aromatic heterocycles. The lowest BCUT2D eigenvalue weighted by molar-refractivity contribution is -0.137. The summed E-state index contributed by atoms with van der Waals surface area (Å²) >= 11 is 0. The zero-order valence-corrected chi connectivity index (χ0v) is 9.41. The highest BCUT2D eigenvalue weighted by molar-refractivity contribution is 5.77. The van der Waals surface area contributed by atoms with Gasteiger partial charge < -0.3 is 4.74 Å². The lowest BCUT2D eigenvalue weighted by atomic mass is 9.70. The van der Waals surface area contributed by atoms with Crippen molar-refractivity contribution in [1.82, 2.24) is 0 Å². The summed E-state index contributed by atoms with van der Waals surface area (Å²) in [6.45, 7) is 6.43. The highest BCUT2D eigenvalue weighted by Crippen LogP contribution is 2.43. The second-order valence-corrected chi connectivity index (χ2v) is 4.72. The zero-order chi connectivity index (χ0) is 11.1. The molecule has 1 atom stereocenters. The van der Waals surface area contributed by atoms with Gasteiger partial charge in [-0.2, -0.15) is 0 Å². The first kappa shape index (κ1) is 10.2. The van der Waals surface area contributed by atoms with Crippen LogP contribution in [-0.4, -0.2) is 5.97 Å². The number of para-hydroxylation sites is 1. The Labute approximate surface area is 90.3 Å². The van der Waals surface area contributed by atoms with Crippen LogP contribution in [0.1, 0.15) is 32.8 Å². The molecule has 0 unspecified atom stereocenters. The summed E-state index contributed by atoms with van der Waals surface area (Å²) in [6, 6.07) is 7.82. The van der Waals surface area contributed by atoms with E-state index in [0.29, 0.717) is 12.3 Å². The standard InChI is InChI=1S/C13H16O2/c1-9(2)13(3)8-12(14)15-11-7-5-4-6-10(11)13/h4-7,9H,8H2,1-3H3/t13-/m0/s1. The molecule has 0 amide bonds. The molecular formula is C13H16O2. The predicted octanol–water partition coefficient (Wildman–Crippen LogP) is 2.91. The molecule has 2 nitrogen and oxygen atoms in total. The highest BCUT2D eigenvalue weighted by Gasteiger charge is 2.39. The lowest BCUT2D eigenvalue weighted by Gasteiger charge is -2.37. The van der Waals surface area contributed by atoms with E-state index in [4.69, 9.17) is 4.74 Å². The first-order valence-corrected chi connectivity index (χ1v) is 5.34. The van der Waals surface area contributed by atoms with Crippen molar-refractivity contribution >= 4 is 5.97 Å².